The van der Waals surface area contributed by atoms with Crippen LogP contribution >= 0.6 is 0 Å². The Balaban J connectivity index is 1.64. The van der Waals surface area contributed by atoms with Crippen LogP contribution in [0.4, 0.5) is 14.8 Å². The Morgan fingerprint density at radius 1 is 1.00 bits per heavy atom. The molecular weight excluding hydrogens is 504 g/mol. The maximum absolute atomic E-state index is 15.3. The van der Waals surface area contributed by atoms with Crippen LogP contribution < -0.4 is 15.0 Å². The number of pyridine rings is 1. The summed E-state index contributed by atoms with van der Waals surface area (Å²) in [6.45, 7) is 1.60. The molecule has 0 unspecified atom stereocenters. The van der Waals surface area contributed by atoms with E-state index in [0.717, 1.165) is 6.07 Å². The van der Waals surface area contributed by atoms with Crippen LogP contribution in [0.3, 0.4) is 0 Å². The van der Waals surface area contributed by atoms with E-state index in [1.807, 2.05) is 0 Å². The number of rotatable bonds is 6. The summed E-state index contributed by atoms with van der Waals surface area (Å²) in [5.41, 5.74) is 0.748. The van der Waals surface area contributed by atoms with E-state index in [9.17, 15) is 17.6 Å². The predicted molar refractivity (Wildman–Crippen MR) is 133 cm³/mol. The Morgan fingerprint density at radius 3 is 2.51 bits per heavy atom. The van der Waals surface area contributed by atoms with Gasteiger partial charge in [-0.05, 0) is 54.4 Å². The maximum Gasteiger partial charge on any atom is 0.308 e. The zero-order chi connectivity index (χ0) is 26.3. The lowest BCUT2D eigenvalue weighted by Crippen LogP contribution is -2.19. The normalized spacial score (nSPS) is 11.6. The van der Waals surface area contributed by atoms with Gasteiger partial charge in [-0.25, -0.2) is 26.9 Å². The molecule has 3 aromatic carbocycles. The molecule has 0 amide bonds. The van der Waals surface area contributed by atoms with E-state index < -0.39 is 27.2 Å². The van der Waals surface area contributed by atoms with E-state index in [1.54, 1.807) is 19.1 Å². The molecule has 0 saturated carbocycles. The van der Waals surface area contributed by atoms with Gasteiger partial charge in [0.1, 0.15) is 23.6 Å². The SMILES string of the molecule is COc1cc(-c2ccc(C)c(F)c2)c(F)cc1-n1c(=O)ccc2cc(S(=O)(=O)Nc3ncco3)ccc21. The van der Waals surface area contributed by atoms with Gasteiger partial charge in [0.2, 0.25) is 0 Å². The van der Waals surface area contributed by atoms with Gasteiger partial charge in [-0.3, -0.25) is 9.36 Å². The Morgan fingerprint density at radius 2 is 1.81 bits per heavy atom. The average molecular weight is 524 g/mol. The van der Waals surface area contributed by atoms with Crippen LogP contribution in [-0.2, 0) is 10.0 Å². The van der Waals surface area contributed by atoms with Crippen molar-refractivity contribution in [3.05, 3.63) is 101 Å². The van der Waals surface area contributed by atoms with E-state index in [4.69, 9.17) is 9.15 Å². The van der Waals surface area contributed by atoms with Gasteiger partial charge in [0.25, 0.3) is 15.6 Å². The molecule has 0 spiro atoms. The number of aryl methyl sites for hydroxylation is 1. The average Bonchev–Trinajstić information content (AvgIpc) is 3.37. The van der Waals surface area contributed by atoms with Gasteiger partial charge in [-0.15, -0.1) is 0 Å². The first kappa shape index (κ1) is 24.2. The van der Waals surface area contributed by atoms with Crippen molar-refractivity contribution < 1.29 is 26.4 Å². The van der Waals surface area contributed by atoms with E-state index in [1.165, 1.54) is 66.6 Å². The van der Waals surface area contributed by atoms with Crippen molar-refractivity contribution in [3.63, 3.8) is 0 Å². The largest absolute Gasteiger partial charge is 0.495 e. The number of ether oxygens (including phenoxy) is 1. The summed E-state index contributed by atoms with van der Waals surface area (Å²) < 4.78 is 68.8. The van der Waals surface area contributed by atoms with Crippen LogP contribution in [0.15, 0.2) is 87.2 Å². The monoisotopic (exact) mass is 523 g/mol. The summed E-state index contributed by atoms with van der Waals surface area (Å²) in [4.78, 5) is 16.6. The first-order chi connectivity index (χ1) is 17.7. The van der Waals surface area contributed by atoms with Crippen molar-refractivity contribution in [1.82, 2.24) is 9.55 Å². The summed E-state index contributed by atoms with van der Waals surface area (Å²) in [5.74, 6) is -1.01. The smallest absolute Gasteiger partial charge is 0.308 e. The van der Waals surface area contributed by atoms with Crippen molar-refractivity contribution in [1.29, 1.82) is 0 Å². The first-order valence-electron chi connectivity index (χ1n) is 10.9. The highest BCUT2D eigenvalue weighted by Crippen LogP contribution is 2.34. The molecule has 0 aliphatic rings. The highest BCUT2D eigenvalue weighted by Gasteiger charge is 2.20. The second kappa shape index (κ2) is 9.17. The summed E-state index contributed by atoms with van der Waals surface area (Å²) >= 11 is 0. The fourth-order valence-corrected chi connectivity index (χ4v) is 4.93. The summed E-state index contributed by atoms with van der Waals surface area (Å²) in [6, 6.07) is 13.5. The number of fused-ring (bicyclic) bond motifs is 1. The van der Waals surface area contributed by atoms with Crippen LogP contribution in [0.1, 0.15) is 5.56 Å². The molecule has 188 valence electrons. The zero-order valence-electron chi connectivity index (χ0n) is 19.5. The van der Waals surface area contributed by atoms with Crippen molar-refractivity contribution >= 4 is 26.9 Å². The van der Waals surface area contributed by atoms with Crippen LogP contribution in [-0.4, -0.2) is 25.1 Å². The second-order valence-electron chi connectivity index (χ2n) is 8.14. The number of nitrogens with zero attached hydrogens (tertiary/aromatic N) is 2. The predicted octanol–water partition coefficient (Wildman–Crippen LogP) is 5.04. The molecule has 0 radical (unpaired) electrons. The van der Waals surface area contributed by atoms with Crippen molar-refractivity contribution in [2.75, 3.05) is 11.8 Å². The van der Waals surface area contributed by atoms with Crippen molar-refractivity contribution in [3.8, 4) is 22.6 Å². The lowest BCUT2D eigenvalue weighted by Gasteiger charge is -2.16. The number of hydrogen-bond donors (Lipinski definition) is 1. The number of methoxy groups -OCH3 is 1. The number of sulfonamides is 1. The number of benzene rings is 3. The first-order valence-corrected chi connectivity index (χ1v) is 12.4. The minimum atomic E-state index is -4.03. The number of aromatic nitrogens is 2. The highest BCUT2D eigenvalue weighted by atomic mass is 32.2. The van der Waals surface area contributed by atoms with Gasteiger partial charge < -0.3 is 9.15 Å². The Kier molecular flexibility index (Phi) is 6.00. The molecule has 0 saturated heterocycles. The molecule has 0 bridgehead atoms. The molecule has 8 nitrogen and oxygen atoms in total. The van der Waals surface area contributed by atoms with Gasteiger partial charge in [0.15, 0.2) is 0 Å². The molecule has 0 aliphatic heterocycles. The molecule has 2 heterocycles. The standard InChI is InChI=1S/C26H19F2N3O5S/c1-15-3-4-16(12-20(15)27)19-13-24(35-2)23(14-21(19)28)31-22-7-6-18(11-17(22)5-8-25(31)32)37(33,34)30-26-29-9-10-36-26/h3-14H,1-2H3,(H,29,30). The third-order valence-corrected chi connectivity index (χ3v) is 7.14. The van der Waals surface area contributed by atoms with Crippen molar-refractivity contribution in [2.24, 2.45) is 0 Å². The number of halogens is 2. The van der Waals surface area contributed by atoms with Crippen molar-refractivity contribution in [2.45, 2.75) is 11.8 Å². The van der Waals surface area contributed by atoms with E-state index >= 15 is 4.39 Å². The van der Waals surface area contributed by atoms with Gasteiger partial charge >= 0.3 is 6.01 Å². The zero-order valence-corrected chi connectivity index (χ0v) is 20.3. The fourth-order valence-electron chi connectivity index (χ4n) is 3.95. The van der Waals surface area contributed by atoms with Gasteiger partial charge in [0, 0.05) is 23.1 Å². The Bertz CT molecular complexity index is 1820. The fraction of sp³-hybridized carbons (Fsp3) is 0.0769. The molecule has 5 rings (SSSR count). The lowest BCUT2D eigenvalue weighted by atomic mass is 10.0. The molecule has 37 heavy (non-hydrogen) atoms. The molecule has 2 aromatic heterocycles. The third kappa shape index (κ3) is 4.45. The van der Waals surface area contributed by atoms with Gasteiger partial charge in [0.05, 0.1) is 29.4 Å². The second-order valence-corrected chi connectivity index (χ2v) is 9.82. The quantitative estimate of drug-likeness (QED) is 0.334. The molecule has 5 aromatic rings. The van der Waals surface area contributed by atoms with Crippen LogP contribution in [0.25, 0.3) is 27.7 Å². The minimum Gasteiger partial charge on any atom is -0.495 e. The molecule has 0 fully saturated rings. The lowest BCUT2D eigenvalue weighted by molar-refractivity contribution is 0.412. The number of hydrogen-bond acceptors (Lipinski definition) is 6. The van der Waals surface area contributed by atoms with E-state index in [2.05, 4.69) is 9.71 Å². The Labute approximate surface area is 209 Å². The number of nitrogens with one attached hydrogen (secondary N) is 1. The van der Waals surface area contributed by atoms with Crippen LogP contribution in [0.5, 0.6) is 5.75 Å². The number of oxazole rings is 1. The van der Waals surface area contributed by atoms with Gasteiger partial charge in [-0.1, -0.05) is 12.1 Å². The molecule has 11 heteroatoms. The summed E-state index contributed by atoms with van der Waals surface area (Å²) in [5, 5.41) is 0.391. The van der Waals surface area contributed by atoms with E-state index in [0.29, 0.717) is 22.0 Å². The topological polar surface area (TPSA) is 103 Å². The highest BCUT2D eigenvalue weighted by molar-refractivity contribution is 7.92. The Hall–Kier alpha value is -4.51. The summed E-state index contributed by atoms with van der Waals surface area (Å²) in [6.07, 6.45) is 2.52. The summed E-state index contributed by atoms with van der Waals surface area (Å²) in [7, 11) is -2.67. The third-order valence-electron chi connectivity index (χ3n) is 5.82. The minimum absolute atomic E-state index is 0.0961. The molecule has 0 atom stereocenters. The van der Waals surface area contributed by atoms with E-state index in [-0.39, 0.29) is 27.9 Å². The maximum atomic E-state index is 15.3. The molecule has 1 N–H and O–H groups in total. The molecule has 0 aliphatic carbocycles. The van der Waals surface area contributed by atoms with Crippen LogP contribution in [0.2, 0.25) is 0 Å². The number of anilines is 1. The van der Waals surface area contributed by atoms with Crippen LogP contribution in [0, 0.1) is 18.6 Å². The molecular formula is C26H19F2N3O5S. The van der Waals surface area contributed by atoms with Gasteiger partial charge in [-0.2, -0.15) is 0 Å².